The minimum absolute atomic E-state index is 0.0357. The molecule has 0 unspecified atom stereocenters. The van der Waals surface area contributed by atoms with E-state index in [4.69, 9.17) is 4.74 Å². The SMILES string of the molecule is COC(=O)[C@H](Cc1ccc(C(F)(F)F)cc1)NC(=O)C[C@@H](O)CNC(=O)OCc1ccccc1. The minimum Gasteiger partial charge on any atom is -0.467 e. The van der Waals surface area contributed by atoms with E-state index in [0.29, 0.717) is 5.56 Å². The number of alkyl carbamates (subject to hydrolysis) is 1. The molecule has 2 aromatic carbocycles. The molecular weight excluding hydrogens is 457 g/mol. The van der Waals surface area contributed by atoms with Crippen molar-refractivity contribution in [2.24, 2.45) is 0 Å². The van der Waals surface area contributed by atoms with Crippen LogP contribution in [0.15, 0.2) is 54.6 Å². The summed E-state index contributed by atoms with van der Waals surface area (Å²) in [5.74, 6) is -1.51. The summed E-state index contributed by atoms with van der Waals surface area (Å²) in [6, 6.07) is 11.9. The molecule has 0 saturated carbocycles. The van der Waals surface area contributed by atoms with Crippen LogP contribution in [-0.4, -0.2) is 48.9 Å². The first-order valence-electron chi connectivity index (χ1n) is 10.2. The van der Waals surface area contributed by atoms with Crippen molar-refractivity contribution in [3.8, 4) is 0 Å². The maximum absolute atomic E-state index is 12.7. The normalized spacial score (nSPS) is 12.9. The van der Waals surface area contributed by atoms with E-state index in [1.54, 1.807) is 24.3 Å². The molecule has 0 spiro atoms. The van der Waals surface area contributed by atoms with Crippen molar-refractivity contribution in [2.45, 2.75) is 37.8 Å². The third-order valence-corrected chi connectivity index (χ3v) is 4.66. The minimum atomic E-state index is -4.49. The van der Waals surface area contributed by atoms with Gasteiger partial charge in [0.15, 0.2) is 0 Å². The van der Waals surface area contributed by atoms with Gasteiger partial charge in [-0.25, -0.2) is 9.59 Å². The average molecular weight is 482 g/mol. The van der Waals surface area contributed by atoms with Gasteiger partial charge in [0, 0.05) is 13.0 Å². The van der Waals surface area contributed by atoms with Gasteiger partial charge in [-0.15, -0.1) is 0 Å². The number of alkyl halides is 3. The lowest BCUT2D eigenvalue weighted by molar-refractivity contribution is -0.145. The fourth-order valence-corrected chi connectivity index (χ4v) is 2.92. The van der Waals surface area contributed by atoms with Crippen LogP contribution in [0, 0.1) is 0 Å². The number of rotatable bonds is 10. The molecule has 3 N–H and O–H groups in total. The number of aliphatic hydroxyl groups excluding tert-OH is 1. The Kier molecular flexibility index (Phi) is 9.87. The lowest BCUT2D eigenvalue weighted by Gasteiger charge is -2.18. The highest BCUT2D eigenvalue weighted by atomic mass is 19.4. The maximum atomic E-state index is 12.7. The first kappa shape index (κ1) is 26.7. The predicted molar refractivity (Wildman–Crippen MR) is 114 cm³/mol. The predicted octanol–water partition coefficient (Wildman–Crippen LogP) is 2.58. The molecule has 0 heterocycles. The van der Waals surface area contributed by atoms with Crippen molar-refractivity contribution >= 4 is 18.0 Å². The zero-order valence-electron chi connectivity index (χ0n) is 18.3. The molecule has 0 aliphatic carbocycles. The lowest BCUT2D eigenvalue weighted by atomic mass is 10.0. The Labute approximate surface area is 194 Å². The van der Waals surface area contributed by atoms with Crippen molar-refractivity contribution in [3.05, 3.63) is 71.3 Å². The van der Waals surface area contributed by atoms with Crippen LogP contribution in [0.2, 0.25) is 0 Å². The van der Waals surface area contributed by atoms with Gasteiger partial charge in [0.2, 0.25) is 5.91 Å². The maximum Gasteiger partial charge on any atom is 0.416 e. The number of nitrogens with one attached hydrogen (secondary N) is 2. The van der Waals surface area contributed by atoms with Crippen molar-refractivity contribution < 1.29 is 42.1 Å². The molecule has 184 valence electrons. The van der Waals surface area contributed by atoms with E-state index in [9.17, 15) is 32.7 Å². The van der Waals surface area contributed by atoms with Crippen LogP contribution in [0.1, 0.15) is 23.1 Å². The van der Waals surface area contributed by atoms with Crippen molar-refractivity contribution in [1.82, 2.24) is 10.6 Å². The molecule has 0 radical (unpaired) electrons. The second-order valence-corrected chi connectivity index (χ2v) is 7.34. The number of methoxy groups -OCH3 is 1. The van der Waals surface area contributed by atoms with Crippen LogP contribution >= 0.6 is 0 Å². The molecule has 2 amide bonds. The van der Waals surface area contributed by atoms with E-state index < -0.39 is 48.3 Å². The Bertz CT molecular complexity index is 951. The molecule has 0 fully saturated rings. The molecule has 0 aliphatic heterocycles. The number of carbonyl (C=O) groups is 3. The van der Waals surface area contributed by atoms with Crippen LogP contribution in [-0.2, 0) is 38.3 Å². The Hall–Kier alpha value is -3.60. The molecule has 2 atom stereocenters. The van der Waals surface area contributed by atoms with E-state index in [-0.39, 0.29) is 19.6 Å². The van der Waals surface area contributed by atoms with Gasteiger partial charge in [-0.2, -0.15) is 13.2 Å². The molecule has 34 heavy (non-hydrogen) atoms. The quantitative estimate of drug-likeness (QED) is 0.449. The van der Waals surface area contributed by atoms with Crippen molar-refractivity contribution in [3.63, 3.8) is 0 Å². The molecule has 2 rings (SSSR count). The molecular formula is C23H25F3N2O6. The summed E-state index contributed by atoms with van der Waals surface area (Å²) in [5, 5.41) is 14.7. The Balaban J connectivity index is 1.81. The lowest BCUT2D eigenvalue weighted by Crippen LogP contribution is -2.45. The van der Waals surface area contributed by atoms with E-state index >= 15 is 0 Å². The Morgan fingerprint density at radius 3 is 2.24 bits per heavy atom. The van der Waals surface area contributed by atoms with E-state index in [2.05, 4.69) is 15.4 Å². The number of hydrogen-bond acceptors (Lipinski definition) is 6. The van der Waals surface area contributed by atoms with Crippen LogP contribution in [0.5, 0.6) is 0 Å². The average Bonchev–Trinajstić information content (AvgIpc) is 2.80. The van der Waals surface area contributed by atoms with Crippen LogP contribution < -0.4 is 10.6 Å². The van der Waals surface area contributed by atoms with Crippen LogP contribution in [0.4, 0.5) is 18.0 Å². The first-order valence-corrected chi connectivity index (χ1v) is 10.2. The number of carbonyl (C=O) groups excluding carboxylic acids is 3. The second-order valence-electron chi connectivity index (χ2n) is 7.34. The Morgan fingerprint density at radius 1 is 1.00 bits per heavy atom. The number of hydrogen-bond donors (Lipinski definition) is 3. The molecule has 0 aromatic heterocycles. The molecule has 0 aliphatic rings. The summed E-state index contributed by atoms with van der Waals surface area (Å²) in [7, 11) is 1.11. The fourth-order valence-electron chi connectivity index (χ4n) is 2.92. The number of aliphatic hydroxyl groups is 1. The summed E-state index contributed by atoms with van der Waals surface area (Å²) in [6.07, 6.45) is -7.10. The van der Waals surface area contributed by atoms with Gasteiger partial charge in [0.05, 0.1) is 25.2 Å². The molecule has 0 saturated heterocycles. The van der Waals surface area contributed by atoms with E-state index in [1.165, 1.54) is 12.1 Å². The third kappa shape index (κ3) is 9.10. The number of halogens is 3. The topological polar surface area (TPSA) is 114 Å². The van der Waals surface area contributed by atoms with Gasteiger partial charge < -0.3 is 25.2 Å². The van der Waals surface area contributed by atoms with Gasteiger partial charge in [-0.05, 0) is 23.3 Å². The standard InChI is InChI=1S/C23H25F3N2O6/c1-33-21(31)19(11-15-7-9-17(10-8-15)23(24,25)26)28-20(30)12-18(29)13-27-22(32)34-14-16-5-3-2-4-6-16/h2-10,18-19,29H,11-14H2,1H3,(H,27,32)(H,28,30)/t18-,19+/m1/s1. The highest BCUT2D eigenvalue weighted by Crippen LogP contribution is 2.29. The molecule has 2 aromatic rings. The van der Waals surface area contributed by atoms with Gasteiger partial charge in [-0.3, -0.25) is 4.79 Å². The second kappa shape index (κ2) is 12.6. The zero-order chi connectivity index (χ0) is 25.1. The summed E-state index contributed by atoms with van der Waals surface area (Å²) in [6.45, 7) is -0.239. The molecule has 8 nitrogen and oxygen atoms in total. The van der Waals surface area contributed by atoms with Gasteiger partial charge in [0.25, 0.3) is 0 Å². The smallest absolute Gasteiger partial charge is 0.416 e. The number of esters is 1. The monoisotopic (exact) mass is 482 g/mol. The van der Waals surface area contributed by atoms with E-state index in [1.807, 2.05) is 6.07 Å². The van der Waals surface area contributed by atoms with Gasteiger partial charge in [0.1, 0.15) is 12.6 Å². The Morgan fingerprint density at radius 2 is 1.65 bits per heavy atom. The van der Waals surface area contributed by atoms with Crippen molar-refractivity contribution in [2.75, 3.05) is 13.7 Å². The first-order chi connectivity index (χ1) is 16.1. The summed E-state index contributed by atoms with van der Waals surface area (Å²) in [4.78, 5) is 36.0. The number of benzene rings is 2. The highest BCUT2D eigenvalue weighted by molar-refractivity contribution is 5.85. The summed E-state index contributed by atoms with van der Waals surface area (Å²) >= 11 is 0. The number of ether oxygens (including phenoxy) is 2. The van der Waals surface area contributed by atoms with E-state index in [0.717, 1.165) is 24.8 Å². The third-order valence-electron chi connectivity index (χ3n) is 4.66. The molecule has 11 heteroatoms. The number of amides is 2. The van der Waals surface area contributed by atoms with Crippen LogP contribution in [0.25, 0.3) is 0 Å². The van der Waals surface area contributed by atoms with Crippen molar-refractivity contribution in [1.29, 1.82) is 0 Å². The van der Waals surface area contributed by atoms with Gasteiger partial charge in [-0.1, -0.05) is 42.5 Å². The zero-order valence-corrected chi connectivity index (χ0v) is 18.3. The fraction of sp³-hybridized carbons (Fsp3) is 0.348. The summed E-state index contributed by atoms with van der Waals surface area (Å²) < 4.78 is 47.7. The largest absolute Gasteiger partial charge is 0.467 e. The molecule has 0 bridgehead atoms. The van der Waals surface area contributed by atoms with Gasteiger partial charge >= 0.3 is 18.2 Å². The summed E-state index contributed by atoms with van der Waals surface area (Å²) in [5.41, 5.74) is 0.305. The van der Waals surface area contributed by atoms with Crippen LogP contribution in [0.3, 0.4) is 0 Å². The highest BCUT2D eigenvalue weighted by Gasteiger charge is 2.30.